The number of nitrogens with zero attached hydrogens (tertiary/aromatic N) is 4. The van der Waals surface area contributed by atoms with Gasteiger partial charge in [0, 0.05) is 24.3 Å². The number of amides is 1. The van der Waals surface area contributed by atoms with Crippen LogP contribution in [0.25, 0.3) is 22.4 Å². The number of hydrogen-bond donors (Lipinski definition) is 1. The molecule has 1 amide bonds. The van der Waals surface area contributed by atoms with Crippen molar-refractivity contribution in [3.8, 4) is 11.3 Å². The number of halogens is 1. The molecule has 4 rings (SSSR count). The second kappa shape index (κ2) is 7.83. The van der Waals surface area contributed by atoms with Gasteiger partial charge in [0.2, 0.25) is 5.91 Å². The van der Waals surface area contributed by atoms with Crippen molar-refractivity contribution in [2.75, 3.05) is 5.32 Å². The number of anilines is 1. The molecule has 0 aliphatic heterocycles. The van der Waals surface area contributed by atoms with Gasteiger partial charge in [0.05, 0.1) is 29.8 Å². The lowest BCUT2D eigenvalue weighted by molar-refractivity contribution is -0.116. The zero-order valence-corrected chi connectivity index (χ0v) is 16.1. The van der Waals surface area contributed by atoms with E-state index in [4.69, 9.17) is 4.42 Å². The zero-order chi connectivity index (χ0) is 20.4. The van der Waals surface area contributed by atoms with Crippen LogP contribution in [0.5, 0.6) is 0 Å². The number of nitrogens with one attached hydrogen (secondary N) is 1. The number of oxazole rings is 1. The summed E-state index contributed by atoms with van der Waals surface area (Å²) >= 11 is 0. The molecular formula is C21H20FN5O2. The molecule has 4 aromatic rings. The lowest BCUT2D eigenvalue weighted by atomic mass is 10.2. The second-order valence-corrected chi connectivity index (χ2v) is 6.97. The van der Waals surface area contributed by atoms with Crippen LogP contribution >= 0.6 is 0 Å². The van der Waals surface area contributed by atoms with Gasteiger partial charge in [-0.2, -0.15) is 5.10 Å². The maximum Gasteiger partial charge on any atom is 0.224 e. The van der Waals surface area contributed by atoms with Crippen LogP contribution in [-0.2, 0) is 11.2 Å². The molecule has 0 saturated heterocycles. The van der Waals surface area contributed by atoms with Crippen LogP contribution in [0.2, 0.25) is 0 Å². The van der Waals surface area contributed by atoms with E-state index in [-0.39, 0.29) is 24.2 Å². The Labute approximate surface area is 166 Å². The van der Waals surface area contributed by atoms with Crippen LogP contribution in [0.15, 0.2) is 53.3 Å². The van der Waals surface area contributed by atoms with Gasteiger partial charge in [-0.25, -0.2) is 19.0 Å². The van der Waals surface area contributed by atoms with Crippen molar-refractivity contribution in [2.45, 2.75) is 32.7 Å². The van der Waals surface area contributed by atoms with Crippen LogP contribution in [0.1, 0.15) is 32.2 Å². The molecule has 0 fully saturated rings. The molecule has 0 saturated carbocycles. The highest BCUT2D eigenvalue weighted by atomic mass is 19.1. The molecule has 7 nitrogen and oxygen atoms in total. The molecule has 148 valence electrons. The van der Waals surface area contributed by atoms with Gasteiger partial charge < -0.3 is 9.73 Å². The fourth-order valence-electron chi connectivity index (χ4n) is 3.04. The Hall–Kier alpha value is -3.55. The number of aryl methyl sites for hydroxylation is 1. The molecule has 0 unspecified atom stereocenters. The molecule has 29 heavy (non-hydrogen) atoms. The topological polar surface area (TPSA) is 85.8 Å². The Balaban J connectivity index is 1.38. The molecule has 0 spiro atoms. The summed E-state index contributed by atoms with van der Waals surface area (Å²) < 4.78 is 21.2. The van der Waals surface area contributed by atoms with Gasteiger partial charge >= 0.3 is 0 Å². The van der Waals surface area contributed by atoms with Crippen LogP contribution in [0.4, 0.5) is 10.1 Å². The van der Waals surface area contributed by atoms with Crippen LogP contribution in [-0.4, -0.2) is 25.7 Å². The summed E-state index contributed by atoms with van der Waals surface area (Å²) in [5.74, 6) is 0.158. The molecule has 0 aliphatic carbocycles. The molecule has 3 heterocycles. The summed E-state index contributed by atoms with van der Waals surface area (Å²) in [6.07, 6.45) is 5.30. The third-order valence-corrected chi connectivity index (χ3v) is 4.47. The maximum absolute atomic E-state index is 13.8. The minimum atomic E-state index is -0.378. The number of carbonyl (C=O) groups excluding carboxylic acids is 1. The van der Waals surface area contributed by atoms with Crippen LogP contribution in [0, 0.1) is 5.82 Å². The van der Waals surface area contributed by atoms with Crippen LogP contribution in [0.3, 0.4) is 0 Å². The van der Waals surface area contributed by atoms with E-state index in [1.807, 2.05) is 24.6 Å². The highest BCUT2D eigenvalue weighted by Gasteiger charge is 2.13. The number of aromatic nitrogens is 4. The summed E-state index contributed by atoms with van der Waals surface area (Å²) in [7, 11) is 0. The fraction of sp³-hybridized carbons (Fsp3) is 0.238. The van der Waals surface area contributed by atoms with E-state index in [0.29, 0.717) is 29.3 Å². The Kier molecular flexibility index (Phi) is 5.07. The first-order chi connectivity index (χ1) is 14.0. The minimum Gasteiger partial charge on any atom is -0.441 e. The van der Waals surface area contributed by atoms with E-state index < -0.39 is 0 Å². The van der Waals surface area contributed by atoms with Crippen molar-refractivity contribution >= 4 is 22.6 Å². The molecule has 8 heteroatoms. The fourth-order valence-corrected chi connectivity index (χ4v) is 3.04. The van der Waals surface area contributed by atoms with Gasteiger partial charge in [-0.1, -0.05) is 12.1 Å². The third kappa shape index (κ3) is 4.01. The van der Waals surface area contributed by atoms with Gasteiger partial charge in [-0.05, 0) is 32.0 Å². The Morgan fingerprint density at radius 3 is 2.83 bits per heavy atom. The lowest BCUT2D eigenvalue weighted by Crippen LogP contribution is -2.12. The molecule has 0 radical (unpaired) electrons. The first-order valence-electron chi connectivity index (χ1n) is 9.34. The van der Waals surface area contributed by atoms with Crippen molar-refractivity contribution < 1.29 is 13.6 Å². The summed E-state index contributed by atoms with van der Waals surface area (Å²) in [4.78, 5) is 20.8. The smallest absolute Gasteiger partial charge is 0.224 e. The average Bonchev–Trinajstić information content (AvgIpc) is 3.33. The number of benzene rings is 1. The zero-order valence-electron chi connectivity index (χ0n) is 16.1. The van der Waals surface area contributed by atoms with Crippen molar-refractivity contribution in [1.82, 2.24) is 19.7 Å². The summed E-state index contributed by atoms with van der Waals surface area (Å²) in [5, 5.41) is 8.00. The van der Waals surface area contributed by atoms with E-state index in [2.05, 4.69) is 20.4 Å². The third-order valence-electron chi connectivity index (χ3n) is 4.47. The Bertz CT molecular complexity index is 1160. The standard InChI is InChI=1S/C21H20FN5O2/c1-13(2)27-21-14(10-25-27)9-15(11-24-21)26-19(28)7-8-20-23-12-18(29-20)16-5-3-4-6-17(16)22/h3-6,9-13H,7-8H2,1-2H3,(H,26,28). The molecule has 1 aromatic carbocycles. The normalized spacial score (nSPS) is 11.3. The largest absolute Gasteiger partial charge is 0.441 e. The number of hydrogen-bond acceptors (Lipinski definition) is 5. The monoisotopic (exact) mass is 393 g/mol. The van der Waals surface area contributed by atoms with Crippen molar-refractivity contribution in [2.24, 2.45) is 0 Å². The van der Waals surface area contributed by atoms with E-state index >= 15 is 0 Å². The molecule has 0 atom stereocenters. The maximum atomic E-state index is 13.8. The van der Waals surface area contributed by atoms with E-state index in [1.165, 1.54) is 12.3 Å². The first kappa shape index (κ1) is 18.8. The molecule has 3 aromatic heterocycles. The lowest BCUT2D eigenvalue weighted by Gasteiger charge is -2.07. The average molecular weight is 393 g/mol. The molecule has 0 aliphatic rings. The SMILES string of the molecule is CC(C)n1ncc2cc(NC(=O)CCc3ncc(-c4ccccc4F)o3)cnc21. The quantitative estimate of drug-likeness (QED) is 0.525. The van der Waals surface area contributed by atoms with E-state index in [0.717, 1.165) is 11.0 Å². The minimum absolute atomic E-state index is 0.181. The molecule has 0 bridgehead atoms. The van der Waals surface area contributed by atoms with Gasteiger partial charge in [0.15, 0.2) is 17.3 Å². The Morgan fingerprint density at radius 1 is 1.21 bits per heavy atom. The number of carbonyl (C=O) groups is 1. The van der Waals surface area contributed by atoms with Crippen LogP contribution < -0.4 is 5.32 Å². The summed E-state index contributed by atoms with van der Waals surface area (Å²) in [6, 6.07) is 8.37. The van der Waals surface area contributed by atoms with Crippen molar-refractivity contribution in [3.05, 3.63) is 60.6 Å². The van der Waals surface area contributed by atoms with Crippen molar-refractivity contribution in [1.29, 1.82) is 0 Å². The number of pyridine rings is 1. The molecular weight excluding hydrogens is 373 g/mol. The summed E-state index contributed by atoms with van der Waals surface area (Å²) in [5.41, 5.74) is 1.72. The second-order valence-electron chi connectivity index (χ2n) is 6.97. The highest BCUT2D eigenvalue weighted by molar-refractivity contribution is 5.92. The van der Waals surface area contributed by atoms with Gasteiger partial charge in [-0.3, -0.25) is 4.79 Å². The summed E-state index contributed by atoms with van der Waals surface area (Å²) in [6.45, 7) is 4.06. The van der Waals surface area contributed by atoms with Crippen molar-refractivity contribution in [3.63, 3.8) is 0 Å². The number of rotatable bonds is 6. The molecule has 1 N–H and O–H groups in total. The Morgan fingerprint density at radius 2 is 2.03 bits per heavy atom. The van der Waals surface area contributed by atoms with Gasteiger partial charge in [-0.15, -0.1) is 0 Å². The predicted molar refractivity (Wildman–Crippen MR) is 107 cm³/mol. The highest BCUT2D eigenvalue weighted by Crippen LogP contribution is 2.24. The first-order valence-corrected chi connectivity index (χ1v) is 9.34. The predicted octanol–water partition coefficient (Wildman–Crippen LogP) is 4.38. The number of fused-ring (bicyclic) bond motifs is 1. The van der Waals surface area contributed by atoms with E-state index in [9.17, 15) is 9.18 Å². The van der Waals surface area contributed by atoms with Gasteiger partial charge in [0.1, 0.15) is 5.82 Å². The van der Waals surface area contributed by atoms with E-state index in [1.54, 1.807) is 30.6 Å². The van der Waals surface area contributed by atoms with Gasteiger partial charge in [0.25, 0.3) is 0 Å².